The Kier molecular flexibility index (Phi) is 2.45. The molecule has 1 unspecified atom stereocenters. The Morgan fingerprint density at radius 1 is 1.53 bits per heavy atom. The van der Waals surface area contributed by atoms with E-state index >= 15 is 0 Å². The van der Waals surface area contributed by atoms with Gasteiger partial charge in [-0.15, -0.1) is 0 Å². The highest BCUT2D eigenvalue weighted by Gasteiger charge is 2.50. The van der Waals surface area contributed by atoms with Gasteiger partial charge in [-0.3, -0.25) is 4.79 Å². The quantitative estimate of drug-likeness (QED) is 0.589. The second-order valence-corrected chi connectivity index (χ2v) is 3.14. The van der Waals surface area contributed by atoms with E-state index in [0.29, 0.717) is 13.2 Å². The number of hydrogen-bond acceptors (Lipinski definition) is 6. The zero-order valence-electron chi connectivity index (χ0n) is 8.10. The van der Waals surface area contributed by atoms with E-state index < -0.39 is 24.0 Å². The molecule has 0 radical (unpaired) electrons. The van der Waals surface area contributed by atoms with Gasteiger partial charge in [-0.2, -0.15) is 0 Å². The second-order valence-electron chi connectivity index (χ2n) is 3.14. The minimum atomic E-state index is -1.56. The molecule has 0 bridgehead atoms. The van der Waals surface area contributed by atoms with Crippen molar-refractivity contribution in [3.8, 4) is 0 Å². The predicted octanol–water partition coefficient (Wildman–Crippen LogP) is -0.268. The molecule has 1 fully saturated rings. The van der Waals surface area contributed by atoms with Crippen molar-refractivity contribution in [2.24, 2.45) is 0 Å². The first-order chi connectivity index (χ1) is 7.12. The van der Waals surface area contributed by atoms with Crippen LogP contribution in [0.4, 0.5) is 0 Å². The summed E-state index contributed by atoms with van der Waals surface area (Å²) in [6.07, 6.45) is 1.62. The Morgan fingerprint density at radius 2 is 2.20 bits per heavy atom. The van der Waals surface area contributed by atoms with Crippen LogP contribution in [-0.2, 0) is 28.5 Å². The van der Waals surface area contributed by atoms with Crippen molar-refractivity contribution in [1.82, 2.24) is 0 Å². The maximum absolute atomic E-state index is 11.0. The molecule has 0 N–H and O–H groups in total. The van der Waals surface area contributed by atoms with Crippen LogP contribution >= 0.6 is 0 Å². The SMILES string of the molecule is CC(=O)OC1(C2OCCO2)C=CC(=O)O1. The molecule has 0 spiro atoms. The van der Waals surface area contributed by atoms with Gasteiger partial charge >= 0.3 is 17.7 Å². The molecule has 6 nitrogen and oxygen atoms in total. The van der Waals surface area contributed by atoms with E-state index in [9.17, 15) is 9.59 Å². The molecule has 1 atom stereocenters. The van der Waals surface area contributed by atoms with E-state index in [1.807, 2.05) is 0 Å². The third-order valence-electron chi connectivity index (χ3n) is 1.97. The van der Waals surface area contributed by atoms with E-state index in [0.717, 1.165) is 0 Å². The van der Waals surface area contributed by atoms with Crippen LogP contribution in [0.3, 0.4) is 0 Å². The first-order valence-corrected chi connectivity index (χ1v) is 4.47. The highest BCUT2D eigenvalue weighted by Crippen LogP contribution is 2.30. The molecule has 0 aromatic carbocycles. The molecule has 0 aliphatic carbocycles. The molecule has 1 saturated heterocycles. The third kappa shape index (κ3) is 1.86. The lowest BCUT2D eigenvalue weighted by molar-refractivity contribution is -0.271. The Balaban J connectivity index is 2.19. The number of cyclic esters (lactones) is 1. The fraction of sp³-hybridized carbons (Fsp3) is 0.556. The maximum Gasteiger partial charge on any atom is 0.334 e. The van der Waals surface area contributed by atoms with Gasteiger partial charge in [-0.1, -0.05) is 0 Å². The third-order valence-corrected chi connectivity index (χ3v) is 1.97. The van der Waals surface area contributed by atoms with Crippen LogP contribution in [0.25, 0.3) is 0 Å². The summed E-state index contributed by atoms with van der Waals surface area (Å²) < 4.78 is 20.2. The normalized spacial score (nSPS) is 30.6. The molecule has 2 heterocycles. The van der Waals surface area contributed by atoms with Crippen molar-refractivity contribution in [3.63, 3.8) is 0 Å². The van der Waals surface area contributed by atoms with Gasteiger partial charge in [0.2, 0.25) is 6.29 Å². The average Bonchev–Trinajstić information content (AvgIpc) is 2.74. The second kappa shape index (κ2) is 3.63. The number of esters is 2. The van der Waals surface area contributed by atoms with E-state index in [1.54, 1.807) is 0 Å². The zero-order valence-corrected chi connectivity index (χ0v) is 8.10. The summed E-state index contributed by atoms with van der Waals surface area (Å²) in [7, 11) is 0. The van der Waals surface area contributed by atoms with Gasteiger partial charge in [0, 0.05) is 19.1 Å². The minimum absolute atomic E-state index is 0.374. The first kappa shape index (κ1) is 10.1. The lowest BCUT2D eigenvalue weighted by Gasteiger charge is -2.29. The monoisotopic (exact) mass is 214 g/mol. The minimum Gasteiger partial charge on any atom is -0.414 e. The summed E-state index contributed by atoms with van der Waals surface area (Å²) in [5.74, 6) is -2.72. The van der Waals surface area contributed by atoms with Gasteiger partial charge < -0.3 is 18.9 Å². The van der Waals surface area contributed by atoms with E-state index in [2.05, 4.69) is 0 Å². The number of hydrogen-bond donors (Lipinski definition) is 0. The van der Waals surface area contributed by atoms with Gasteiger partial charge in [0.05, 0.1) is 13.2 Å². The molecule has 0 aromatic rings. The Bertz CT molecular complexity index is 317. The molecular formula is C9H10O6. The standard InChI is InChI=1S/C9H10O6/c1-6(10)14-9(3-2-7(11)15-9)8-12-4-5-13-8/h2-3,8H,4-5H2,1H3. The number of rotatable bonds is 2. The molecule has 6 heteroatoms. The zero-order chi connectivity index (χ0) is 10.9. The van der Waals surface area contributed by atoms with Crippen LogP contribution in [0, 0.1) is 0 Å². The first-order valence-electron chi connectivity index (χ1n) is 4.47. The van der Waals surface area contributed by atoms with Crippen LogP contribution in [0.15, 0.2) is 12.2 Å². The summed E-state index contributed by atoms with van der Waals surface area (Å²) in [5.41, 5.74) is 0. The highest BCUT2D eigenvalue weighted by atomic mass is 16.8. The van der Waals surface area contributed by atoms with Gasteiger partial charge in [0.1, 0.15) is 0 Å². The number of carbonyl (C=O) groups is 2. The summed E-state index contributed by atoms with van der Waals surface area (Å²) in [6, 6.07) is 0. The van der Waals surface area contributed by atoms with Crippen molar-refractivity contribution in [2.45, 2.75) is 19.0 Å². The summed E-state index contributed by atoms with van der Waals surface area (Å²) >= 11 is 0. The van der Waals surface area contributed by atoms with Gasteiger partial charge in [-0.25, -0.2) is 4.79 Å². The summed E-state index contributed by atoms with van der Waals surface area (Å²) in [4.78, 5) is 21.9. The van der Waals surface area contributed by atoms with Crippen LogP contribution in [0.5, 0.6) is 0 Å². The van der Waals surface area contributed by atoms with E-state index in [-0.39, 0.29) is 0 Å². The highest BCUT2D eigenvalue weighted by molar-refractivity contribution is 5.85. The number of carbonyl (C=O) groups excluding carboxylic acids is 2. The fourth-order valence-electron chi connectivity index (χ4n) is 1.45. The van der Waals surface area contributed by atoms with Crippen LogP contribution < -0.4 is 0 Å². The molecule has 2 aliphatic rings. The topological polar surface area (TPSA) is 71.1 Å². The molecule has 0 amide bonds. The summed E-state index contributed by atoms with van der Waals surface area (Å²) in [5, 5.41) is 0. The van der Waals surface area contributed by atoms with Crippen molar-refractivity contribution >= 4 is 11.9 Å². The van der Waals surface area contributed by atoms with Crippen molar-refractivity contribution < 1.29 is 28.5 Å². The van der Waals surface area contributed by atoms with Gasteiger partial charge in [0.25, 0.3) is 0 Å². The van der Waals surface area contributed by atoms with Crippen LogP contribution in [-0.4, -0.2) is 37.2 Å². The van der Waals surface area contributed by atoms with E-state index in [4.69, 9.17) is 18.9 Å². The molecule has 0 saturated carbocycles. The molecular weight excluding hydrogens is 204 g/mol. The smallest absolute Gasteiger partial charge is 0.334 e. The molecule has 2 rings (SSSR count). The fourth-order valence-corrected chi connectivity index (χ4v) is 1.45. The van der Waals surface area contributed by atoms with Crippen molar-refractivity contribution in [3.05, 3.63) is 12.2 Å². The van der Waals surface area contributed by atoms with E-state index in [1.165, 1.54) is 19.1 Å². The average molecular weight is 214 g/mol. The summed E-state index contributed by atoms with van der Waals surface area (Å²) in [6.45, 7) is 1.97. The Morgan fingerprint density at radius 3 is 2.67 bits per heavy atom. The largest absolute Gasteiger partial charge is 0.414 e. The van der Waals surface area contributed by atoms with Gasteiger partial charge in [-0.05, 0) is 0 Å². The number of ether oxygens (including phenoxy) is 4. The van der Waals surface area contributed by atoms with Crippen LogP contribution in [0.2, 0.25) is 0 Å². The lowest BCUT2D eigenvalue weighted by Crippen LogP contribution is -2.46. The van der Waals surface area contributed by atoms with Crippen molar-refractivity contribution in [1.29, 1.82) is 0 Å². The van der Waals surface area contributed by atoms with Crippen LogP contribution in [0.1, 0.15) is 6.92 Å². The Hall–Kier alpha value is -1.40. The van der Waals surface area contributed by atoms with Gasteiger partial charge in [0.15, 0.2) is 0 Å². The predicted molar refractivity (Wildman–Crippen MR) is 45.4 cm³/mol. The maximum atomic E-state index is 11.0. The molecule has 15 heavy (non-hydrogen) atoms. The van der Waals surface area contributed by atoms with Crippen molar-refractivity contribution in [2.75, 3.05) is 13.2 Å². The lowest BCUT2D eigenvalue weighted by atomic mass is 10.2. The molecule has 0 aromatic heterocycles. The Labute approximate surface area is 85.7 Å². The molecule has 2 aliphatic heterocycles. The molecule has 82 valence electrons.